The van der Waals surface area contributed by atoms with Crippen molar-refractivity contribution in [2.75, 3.05) is 14.2 Å². The van der Waals surface area contributed by atoms with Crippen LogP contribution in [0.25, 0.3) is 47.1 Å². The number of carbonyl (C=O) groups is 2. The van der Waals surface area contributed by atoms with E-state index in [0.29, 0.717) is 53.1 Å². The van der Waals surface area contributed by atoms with E-state index < -0.39 is 117 Å². The number of aliphatic hydroxyl groups is 1. The van der Waals surface area contributed by atoms with Gasteiger partial charge >= 0.3 is 71.9 Å². The Labute approximate surface area is 654 Å². The van der Waals surface area contributed by atoms with Crippen molar-refractivity contribution in [1.29, 1.82) is 0 Å². The number of phenolic OH excluding ortho intramolecular Hbond substituents is 10. The van der Waals surface area contributed by atoms with Gasteiger partial charge in [-0.05, 0) is 136 Å². The number of alkyl halides is 23. The lowest BCUT2D eigenvalue weighted by Crippen LogP contribution is -2.66. The van der Waals surface area contributed by atoms with E-state index in [2.05, 4.69) is 62.1 Å². The summed E-state index contributed by atoms with van der Waals surface area (Å²) in [6.07, 6.45) is -10.7. The Morgan fingerprint density at radius 1 is 0.322 bits per heavy atom. The normalized spacial score (nSPS) is 11.5. The highest BCUT2D eigenvalue weighted by molar-refractivity contribution is 5.93. The van der Waals surface area contributed by atoms with E-state index in [9.17, 15) is 121 Å². The van der Waals surface area contributed by atoms with Crippen LogP contribution >= 0.6 is 0 Å². The molecule has 0 atom stereocenters. The highest BCUT2D eigenvalue weighted by atomic mass is 19.4. The summed E-state index contributed by atoms with van der Waals surface area (Å²) in [6, 6.07) is 31.0. The molecule has 8 rings (SSSR count). The second kappa shape index (κ2) is 41.9. The molecule has 16 nitrogen and oxygen atoms in total. The van der Waals surface area contributed by atoms with Crippen LogP contribution in [0.5, 0.6) is 63.2 Å². The van der Waals surface area contributed by atoms with Gasteiger partial charge in [0.25, 0.3) is 0 Å². The smallest absolute Gasteiger partial charge is 0.460 e. The number of halogens is 23. The number of benzene rings is 8. The Morgan fingerprint density at radius 3 is 0.983 bits per heavy atom. The van der Waals surface area contributed by atoms with E-state index in [1.165, 1.54) is 99.2 Å². The molecule has 0 bridgehead atoms. The number of aliphatic hydroxyl groups excluding tert-OH is 1. The summed E-state index contributed by atoms with van der Waals surface area (Å²) in [5.74, 6) is -51.2. The van der Waals surface area contributed by atoms with Crippen LogP contribution in [-0.4, -0.2) is 147 Å². The van der Waals surface area contributed by atoms with Crippen LogP contribution in [0.15, 0.2) is 210 Å². The highest BCUT2D eigenvalue weighted by Gasteiger charge is 2.87. The SMILES string of the molecule is C=C(c1ccc(O)cc1)C(F)(F)C(F)(F)C(F)(F)C(F)(F)C(F)(F)F.C=C(c1ccc(O)cc1)C(F)(F)C(F)(F)C(F)(F)C(F)(F)F.C=C(c1ccc(O)cc1)C(F)(F)F.C=Cc1cc(O)c(O)c(O)c1.C=Cc1ccc(C(=O)OC)c(O)c1.C=Cc1ccc(O)c(C(=O)OC)c1.C=Cc1ccc(O)c(CO)c1.C=Cc1ccc(O)cc1O. The van der Waals surface area contributed by atoms with Gasteiger partial charge in [-0.25, -0.2) is 9.59 Å². The number of hydrogen-bond acceptors (Lipinski definition) is 16. The summed E-state index contributed by atoms with van der Waals surface area (Å²) in [5.41, 5.74) is -2.43. The first-order valence-electron chi connectivity index (χ1n) is 31.5. The Kier molecular flexibility index (Phi) is 36.5. The van der Waals surface area contributed by atoms with E-state index in [1.54, 1.807) is 54.6 Å². The Balaban J connectivity index is 0.000000689. The molecule has 0 amide bonds. The number of aromatic hydroxyl groups is 11. The Morgan fingerprint density at radius 2 is 0.644 bits per heavy atom. The number of esters is 2. The van der Waals surface area contributed by atoms with E-state index in [4.69, 9.17) is 51.1 Å². The molecular formula is C79H67F23O16. The molecular weight excluding hydrogens is 1640 g/mol. The fourth-order valence-corrected chi connectivity index (χ4v) is 8.06. The summed E-state index contributed by atoms with van der Waals surface area (Å²) in [6.45, 7) is 25.2. The number of rotatable bonds is 18. The number of allylic oxidation sites excluding steroid dienone is 3. The lowest BCUT2D eigenvalue weighted by Gasteiger charge is -2.37. The van der Waals surface area contributed by atoms with E-state index in [-0.39, 0.29) is 69.3 Å². The van der Waals surface area contributed by atoms with Gasteiger partial charge < -0.3 is 70.8 Å². The summed E-state index contributed by atoms with van der Waals surface area (Å²) < 4.78 is 302. The quantitative estimate of drug-likeness (QED) is 0.0216. The zero-order chi connectivity index (χ0) is 91.6. The maximum absolute atomic E-state index is 13.7. The number of ether oxygens (including phenoxy) is 2. The minimum absolute atomic E-state index is 0.0368. The van der Waals surface area contributed by atoms with Crippen LogP contribution in [0.3, 0.4) is 0 Å². The van der Waals surface area contributed by atoms with Crippen molar-refractivity contribution in [1.82, 2.24) is 0 Å². The van der Waals surface area contributed by atoms with Gasteiger partial charge in [0, 0.05) is 28.3 Å². The third-order valence-electron chi connectivity index (χ3n) is 14.8. The van der Waals surface area contributed by atoms with Gasteiger partial charge in [0.1, 0.15) is 57.1 Å². The molecule has 0 saturated carbocycles. The molecule has 39 heteroatoms. The van der Waals surface area contributed by atoms with Crippen molar-refractivity contribution in [3.63, 3.8) is 0 Å². The van der Waals surface area contributed by atoms with Crippen LogP contribution in [-0.2, 0) is 16.1 Å². The van der Waals surface area contributed by atoms with Crippen molar-refractivity contribution >= 4 is 59.0 Å². The van der Waals surface area contributed by atoms with Gasteiger partial charge in [-0.3, -0.25) is 0 Å². The molecule has 0 saturated heterocycles. The van der Waals surface area contributed by atoms with Gasteiger partial charge in [0.15, 0.2) is 17.2 Å². The molecule has 0 aliphatic rings. The topological polar surface area (TPSA) is 295 Å². The van der Waals surface area contributed by atoms with Crippen molar-refractivity contribution in [3.05, 3.63) is 272 Å². The first-order valence-corrected chi connectivity index (χ1v) is 31.5. The minimum Gasteiger partial charge on any atom is -0.508 e. The number of methoxy groups -OCH3 is 2. The molecule has 640 valence electrons. The largest absolute Gasteiger partial charge is 0.508 e. The zero-order valence-corrected chi connectivity index (χ0v) is 60.5. The van der Waals surface area contributed by atoms with Crippen molar-refractivity contribution < 1.29 is 181 Å². The molecule has 0 aliphatic carbocycles. The molecule has 0 fully saturated rings. The fraction of sp³-hybridized carbons (Fsp3) is 0.165. The molecule has 0 aliphatic heterocycles. The van der Waals surface area contributed by atoms with Crippen LogP contribution in [0, 0.1) is 0 Å². The van der Waals surface area contributed by atoms with Crippen LogP contribution < -0.4 is 0 Å². The third kappa shape index (κ3) is 26.1. The summed E-state index contributed by atoms with van der Waals surface area (Å²) in [7, 11) is 2.53. The molecule has 0 unspecified atom stereocenters. The van der Waals surface area contributed by atoms with E-state index in [0.717, 1.165) is 28.8 Å². The third-order valence-corrected chi connectivity index (χ3v) is 14.8. The number of hydrogen-bond donors (Lipinski definition) is 12. The van der Waals surface area contributed by atoms with Crippen LogP contribution in [0.2, 0.25) is 0 Å². The van der Waals surface area contributed by atoms with Gasteiger partial charge in [0.2, 0.25) is 0 Å². The highest BCUT2D eigenvalue weighted by Crippen LogP contribution is 2.60. The molecule has 8 aromatic carbocycles. The monoisotopic (exact) mass is 1710 g/mol. The van der Waals surface area contributed by atoms with Crippen LogP contribution in [0.1, 0.15) is 70.8 Å². The lowest BCUT2D eigenvalue weighted by atomic mass is 9.90. The predicted octanol–water partition coefficient (Wildman–Crippen LogP) is 21.7. The van der Waals surface area contributed by atoms with E-state index >= 15 is 0 Å². The summed E-state index contributed by atoms with van der Waals surface area (Å²) >= 11 is 0. The maximum atomic E-state index is 13.7. The summed E-state index contributed by atoms with van der Waals surface area (Å²) in [5, 5.41) is 108. The lowest BCUT2D eigenvalue weighted by molar-refractivity contribution is -0.415. The maximum Gasteiger partial charge on any atom is 0.460 e. The van der Waals surface area contributed by atoms with Gasteiger partial charge in [-0.1, -0.05) is 138 Å². The van der Waals surface area contributed by atoms with E-state index in [1.807, 2.05) is 0 Å². The first kappa shape index (κ1) is 103. The van der Waals surface area contributed by atoms with Crippen LogP contribution in [0.4, 0.5) is 101 Å². The second-order valence-electron chi connectivity index (χ2n) is 22.8. The summed E-state index contributed by atoms with van der Waals surface area (Å²) in [4.78, 5) is 22.1. The second-order valence-corrected chi connectivity index (χ2v) is 22.8. The molecule has 0 radical (unpaired) electrons. The van der Waals surface area contributed by atoms with Crippen molar-refractivity contribution in [3.8, 4) is 63.2 Å². The predicted molar refractivity (Wildman–Crippen MR) is 389 cm³/mol. The van der Waals surface area contributed by atoms with Crippen molar-refractivity contribution in [2.45, 2.75) is 66.6 Å². The molecule has 0 aromatic heterocycles. The average Bonchev–Trinajstić information content (AvgIpc) is 0.722. The minimum atomic E-state index is -7.48. The zero-order valence-electron chi connectivity index (χ0n) is 60.5. The Bertz CT molecular complexity index is 4780. The number of phenols is 11. The van der Waals surface area contributed by atoms with Gasteiger partial charge in [0.05, 0.1) is 26.4 Å². The Hall–Kier alpha value is -13.2. The fourth-order valence-electron chi connectivity index (χ4n) is 8.06. The van der Waals surface area contributed by atoms with Gasteiger partial charge in [-0.2, -0.15) is 101 Å². The molecule has 0 spiro atoms. The molecule has 8 aromatic rings. The molecule has 0 heterocycles. The van der Waals surface area contributed by atoms with Gasteiger partial charge in [-0.15, -0.1) is 0 Å². The molecule has 12 N–H and O–H groups in total. The average molecular weight is 1710 g/mol. The standard InChI is InChI=1S/C13H7F11O.C12H7F9O.2C10H10O3.C9H7F3O.C9H10O2.C8H8O3.C8H8O2/c1-6(7-2-4-8(25)5-3-7)9(14,15)10(16,17)11(18,19)12(20,21)13(22,23)24;1-6(7-2-4-8(22)5-3-7)9(13,14)10(15,16)11(17,18)12(19,20)21;1-3-7-4-5-9(11)8(6-7)10(12)13-2;1-3-7-4-5-8(9(11)6-7)10(12)13-2;1-6(9(10,11)12)7-2-4-8(13)5-3-7;1-2-7-3-4-9(11)8(5-7)6-10;1-2-5-3-6(9)8(11)7(10)4-5;1-2-6-3-4-7(9)5-8(6)10/h2-5,25H,1H2;2-5,22H,1H2;2*3-6,11H,1H2,2H3;2-5,13H,1H2;2-5,10-11H,1,6H2;2-4,9-11H,1H2;2-5,9-10H,1H2. The van der Waals surface area contributed by atoms with Crippen molar-refractivity contribution in [2.24, 2.45) is 0 Å². The first-order chi connectivity index (χ1) is 54.0. The number of carbonyl (C=O) groups excluding carboxylic acids is 2. The molecule has 118 heavy (non-hydrogen) atoms.